The summed E-state index contributed by atoms with van der Waals surface area (Å²) in [5, 5.41) is 3.22. The fraction of sp³-hybridized carbons (Fsp3) is 0.222. The molecule has 0 aliphatic rings. The fourth-order valence-electron chi connectivity index (χ4n) is 2.15. The minimum Gasteiger partial charge on any atom is -0.461 e. The van der Waals surface area contributed by atoms with Gasteiger partial charge in [0.05, 0.1) is 12.3 Å². The predicted octanol–water partition coefficient (Wildman–Crippen LogP) is 3.99. The maximum Gasteiger partial charge on any atom is 0.460 e. The van der Waals surface area contributed by atoms with Gasteiger partial charge in [-0.25, -0.2) is 18.4 Å². The van der Waals surface area contributed by atoms with Crippen molar-refractivity contribution in [3.8, 4) is 5.75 Å². The van der Waals surface area contributed by atoms with Gasteiger partial charge in [-0.05, 0) is 43.3 Å². The molecule has 0 fully saturated rings. The van der Waals surface area contributed by atoms with Crippen LogP contribution in [0.25, 0.3) is 0 Å². The van der Waals surface area contributed by atoms with Crippen LogP contribution >= 0.6 is 0 Å². The molecule has 0 saturated heterocycles. The molecular formula is C18H15F5N2O4. The molecule has 2 N–H and O–H groups in total. The Morgan fingerprint density at radius 3 is 2.17 bits per heavy atom. The second-order valence-electron chi connectivity index (χ2n) is 5.51. The molecule has 0 aliphatic heterocycles. The van der Waals surface area contributed by atoms with E-state index in [9.17, 15) is 31.5 Å². The standard InChI is InChI=1S/C18H15F5N2O4/c1-2-28-15(26)17(18(21,22)23,29-12-9-7-11(19)8-10-12)25-16(27)24-14-6-4-3-5-13(14)20/h3-10H,2H2,1H3,(H2,24,25,27). The van der Waals surface area contributed by atoms with Gasteiger partial charge in [0, 0.05) is 0 Å². The molecule has 11 heteroatoms. The van der Waals surface area contributed by atoms with Crippen LogP contribution in [0.5, 0.6) is 5.75 Å². The number of alkyl halides is 3. The number of carbonyl (C=O) groups is 2. The first-order valence-electron chi connectivity index (χ1n) is 8.11. The van der Waals surface area contributed by atoms with E-state index in [1.54, 1.807) is 0 Å². The summed E-state index contributed by atoms with van der Waals surface area (Å²) >= 11 is 0. The maximum atomic E-state index is 13.9. The van der Waals surface area contributed by atoms with Crippen LogP contribution in [0, 0.1) is 11.6 Å². The van der Waals surface area contributed by atoms with Crippen LogP contribution < -0.4 is 15.4 Å². The quantitative estimate of drug-likeness (QED) is 0.423. The molecule has 0 aromatic heterocycles. The van der Waals surface area contributed by atoms with Crippen molar-refractivity contribution in [1.82, 2.24) is 5.32 Å². The van der Waals surface area contributed by atoms with E-state index in [0.29, 0.717) is 0 Å². The lowest BCUT2D eigenvalue weighted by Crippen LogP contribution is -2.69. The second-order valence-corrected chi connectivity index (χ2v) is 5.51. The highest BCUT2D eigenvalue weighted by atomic mass is 19.4. The maximum absolute atomic E-state index is 13.9. The van der Waals surface area contributed by atoms with Gasteiger partial charge < -0.3 is 14.8 Å². The number of esters is 1. The molecule has 29 heavy (non-hydrogen) atoms. The summed E-state index contributed by atoms with van der Waals surface area (Å²) in [5.74, 6) is -4.24. The van der Waals surface area contributed by atoms with Gasteiger partial charge in [-0.3, -0.25) is 5.32 Å². The Morgan fingerprint density at radius 1 is 1.00 bits per heavy atom. The van der Waals surface area contributed by atoms with Crippen LogP contribution in [-0.2, 0) is 9.53 Å². The number of ether oxygens (including phenoxy) is 2. The van der Waals surface area contributed by atoms with Gasteiger partial charge in [-0.1, -0.05) is 12.1 Å². The highest BCUT2D eigenvalue weighted by Crippen LogP contribution is 2.34. The van der Waals surface area contributed by atoms with Crippen LogP contribution in [0.3, 0.4) is 0 Å². The molecule has 0 spiro atoms. The summed E-state index contributed by atoms with van der Waals surface area (Å²) in [6, 6.07) is 6.33. The molecule has 156 valence electrons. The molecule has 2 aromatic rings. The van der Waals surface area contributed by atoms with E-state index < -0.39 is 53.6 Å². The number of nitrogens with one attached hydrogen (secondary N) is 2. The highest BCUT2D eigenvalue weighted by Gasteiger charge is 2.66. The number of benzene rings is 2. The van der Waals surface area contributed by atoms with Crippen LogP contribution in [0.2, 0.25) is 0 Å². The topological polar surface area (TPSA) is 76.7 Å². The molecule has 2 aromatic carbocycles. The lowest BCUT2D eigenvalue weighted by molar-refractivity contribution is -0.259. The monoisotopic (exact) mass is 418 g/mol. The summed E-state index contributed by atoms with van der Waals surface area (Å²) in [6.07, 6.45) is -5.50. The summed E-state index contributed by atoms with van der Waals surface area (Å²) in [4.78, 5) is 24.3. The van der Waals surface area contributed by atoms with Gasteiger partial charge in [0.2, 0.25) is 0 Å². The van der Waals surface area contributed by atoms with E-state index in [0.717, 1.165) is 36.4 Å². The van der Waals surface area contributed by atoms with Crippen molar-refractivity contribution < 1.29 is 41.0 Å². The van der Waals surface area contributed by atoms with Crippen molar-refractivity contribution in [1.29, 1.82) is 0 Å². The molecule has 2 amide bonds. The van der Waals surface area contributed by atoms with Gasteiger partial charge in [0.15, 0.2) is 0 Å². The molecule has 0 bridgehead atoms. The van der Waals surface area contributed by atoms with E-state index in [1.165, 1.54) is 24.4 Å². The lowest BCUT2D eigenvalue weighted by atomic mass is 10.2. The average molecular weight is 418 g/mol. The van der Waals surface area contributed by atoms with Gasteiger partial charge in [0.25, 0.3) is 0 Å². The number of hydrogen-bond donors (Lipinski definition) is 2. The van der Waals surface area contributed by atoms with E-state index in [1.807, 2.05) is 5.32 Å². The first-order chi connectivity index (χ1) is 13.6. The summed E-state index contributed by atoms with van der Waals surface area (Å²) in [5.41, 5.74) is -4.41. The third-order valence-electron chi connectivity index (χ3n) is 3.46. The zero-order valence-corrected chi connectivity index (χ0v) is 14.8. The number of urea groups is 1. The number of rotatable bonds is 6. The first kappa shape index (κ1) is 21.9. The van der Waals surface area contributed by atoms with E-state index >= 15 is 0 Å². The number of amides is 2. The van der Waals surface area contributed by atoms with Gasteiger partial charge >= 0.3 is 23.9 Å². The van der Waals surface area contributed by atoms with Gasteiger partial charge in [-0.15, -0.1) is 0 Å². The summed E-state index contributed by atoms with van der Waals surface area (Å²) < 4.78 is 77.5. The molecular weight excluding hydrogens is 403 g/mol. The highest BCUT2D eigenvalue weighted by molar-refractivity contribution is 5.94. The Labute approximate surface area is 161 Å². The van der Waals surface area contributed by atoms with Crippen molar-refractivity contribution in [2.75, 3.05) is 11.9 Å². The smallest absolute Gasteiger partial charge is 0.460 e. The molecule has 0 radical (unpaired) electrons. The summed E-state index contributed by atoms with van der Waals surface area (Å²) in [6.45, 7) is 0.788. The van der Waals surface area contributed by atoms with E-state index in [2.05, 4.69) is 4.74 Å². The van der Waals surface area contributed by atoms with Crippen LogP contribution in [0.15, 0.2) is 48.5 Å². The predicted molar refractivity (Wildman–Crippen MR) is 91.0 cm³/mol. The summed E-state index contributed by atoms with van der Waals surface area (Å²) in [7, 11) is 0. The largest absolute Gasteiger partial charge is 0.461 e. The Kier molecular flexibility index (Phi) is 6.62. The van der Waals surface area contributed by atoms with Crippen LogP contribution in [0.1, 0.15) is 6.92 Å². The number of carbonyl (C=O) groups excluding carboxylic acids is 2. The minimum atomic E-state index is -5.50. The fourth-order valence-corrected chi connectivity index (χ4v) is 2.15. The van der Waals surface area contributed by atoms with Crippen LogP contribution in [-0.4, -0.2) is 30.5 Å². The molecule has 0 aliphatic carbocycles. The molecule has 0 saturated carbocycles. The number of halogens is 5. The van der Waals surface area contributed by atoms with Gasteiger partial charge in [0.1, 0.15) is 17.4 Å². The minimum absolute atomic E-state index is 0.438. The molecule has 0 heterocycles. The Morgan fingerprint density at radius 2 is 1.62 bits per heavy atom. The first-order valence-corrected chi connectivity index (χ1v) is 8.11. The zero-order valence-electron chi connectivity index (χ0n) is 14.8. The van der Waals surface area contributed by atoms with Crippen molar-refractivity contribution in [2.24, 2.45) is 0 Å². The molecule has 1 atom stereocenters. The van der Waals surface area contributed by atoms with Gasteiger partial charge in [-0.2, -0.15) is 13.2 Å². The SMILES string of the molecule is CCOC(=O)C(NC(=O)Nc1ccccc1F)(Oc1ccc(F)cc1)C(F)(F)F. The zero-order chi connectivity index (χ0) is 21.7. The van der Waals surface area contributed by atoms with Crippen molar-refractivity contribution in [2.45, 2.75) is 18.8 Å². The Bertz CT molecular complexity index is 873. The van der Waals surface area contributed by atoms with Crippen molar-refractivity contribution in [3.63, 3.8) is 0 Å². The molecule has 6 nitrogen and oxygen atoms in total. The van der Waals surface area contributed by atoms with Crippen molar-refractivity contribution >= 4 is 17.7 Å². The van der Waals surface area contributed by atoms with E-state index in [-0.39, 0.29) is 0 Å². The third kappa shape index (κ3) is 5.12. The normalized spacial score (nSPS) is 13.2. The molecule has 2 rings (SSSR count). The average Bonchev–Trinajstić information content (AvgIpc) is 2.64. The number of anilines is 1. The number of para-hydroxylation sites is 1. The number of hydrogen-bond acceptors (Lipinski definition) is 4. The van der Waals surface area contributed by atoms with E-state index in [4.69, 9.17) is 4.74 Å². The second kappa shape index (κ2) is 8.76. The van der Waals surface area contributed by atoms with Crippen molar-refractivity contribution in [3.05, 3.63) is 60.2 Å². The Balaban J connectivity index is 2.41. The Hall–Kier alpha value is -3.37. The lowest BCUT2D eigenvalue weighted by Gasteiger charge is -2.33. The van der Waals surface area contributed by atoms with Crippen LogP contribution in [0.4, 0.5) is 32.4 Å². The molecule has 1 unspecified atom stereocenters. The third-order valence-corrected chi connectivity index (χ3v) is 3.46.